The standard InChI is InChI=1S/C18H20N6O2S/c1-3-4-8-23-14-15(20-17(23)22-9-6-19-7-10-22)24(13-5-11-27-12-13)18(26)21(2)16(14)25/h5,11-12,19H,6-10H2,1-2H3. The third-order valence-corrected chi connectivity index (χ3v) is 5.38. The van der Waals surface area contributed by atoms with Crippen LogP contribution in [0.15, 0.2) is 26.4 Å². The Kier molecular flexibility index (Phi) is 4.59. The van der Waals surface area contributed by atoms with Crippen molar-refractivity contribution < 1.29 is 0 Å². The molecule has 0 atom stereocenters. The summed E-state index contributed by atoms with van der Waals surface area (Å²) in [5, 5.41) is 7.09. The number of nitrogens with zero attached hydrogens (tertiary/aromatic N) is 5. The molecule has 3 aromatic rings. The molecule has 0 amide bonds. The van der Waals surface area contributed by atoms with Gasteiger partial charge in [0.05, 0.1) is 12.2 Å². The summed E-state index contributed by atoms with van der Waals surface area (Å²) in [4.78, 5) is 32.7. The first-order valence-corrected chi connectivity index (χ1v) is 9.68. The minimum atomic E-state index is -0.399. The number of piperazine rings is 1. The van der Waals surface area contributed by atoms with Gasteiger partial charge in [-0.2, -0.15) is 16.3 Å². The Morgan fingerprint density at radius 1 is 1.30 bits per heavy atom. The van der Waals surface area contributed by atoms with Crippen LogP contribution >= 0.6 is 11.3 Å². The van der Waals surface area contributed by atoms with Gasteiger partial charge in [0.1, 0.15) is 0 Å². The van der Waals surface area contributed by atoms with Crippen molar-refractivity contribution in [3.63, 3.8) is 0 Å². The van der Waals surface area contributed by atoms with E-state index in [2.05, 4.69) is 22.1 Å². The first kappa shape index (κ1) is 17.6. The van der Waals surface area contributed by atoms with Gasteiger partial charge >= 0.3 is 5.69 Å². The largest absolute Gasteiger partial charge is 0.340 e. The molecule has 0 aromatic carbocycles. The van der Waals surface area contributed by atoms with Gasteiger partial charge in [0.2, 0.25) is 5.95 Å². The third-order valence-electron chi connectivity index (χ3n) is 4.70. The smallest absolute Gasteiger partial charge is 0.337 e. The lowest BCUT2D eigenvalue weighted by Gasteiger charge is -2.28. The van der Waals surface area contributed by atoms with Crippen LogP contribution in [0.4, 0.5) is 5.95 Å². The van der Waals surface area contributed by atoms with Crippen LogP contribution in [-0.4, -0.2) is 44.9 Å². The molecule has 3 aromatic heterocycles. The van der Waals surface area contributed by atoms with E-state index in [0.717, 1.165) is 30.7 Å². The molecular weight excluding hydrogens is 364 g/mol. The molecule has 1 N–H and O–H groups in total. The van der Waals surface area contributed by atoms with E-state index in [1.807, 2.05) is 21.4 Å². The van der Waals surface area contributed by atoms with Gasteiger partial charge in [-0.25, -0.2) is 9.36 Å². The van der Waals surface area contributed by atoms with Gasteiger partial charge in [0, 0.05) is 38.6 Å². The molecule has 9 heteroatoms. The normalized spacial score (nSPS) is 14.4. The van der Waals surface area contributed by atoms with Gasteiger partial charge in [0.25, 0.3) is 5.56 Å². The number of nitrogens with one attached hydrogen (secondary N) is 1. The summed E-state index contributed by atoms with van der Waals surface area (Å²) in [7, 11) is 1.50. The highest BCUT2D eigenvalue weighted by Gasteiger charge is 2.24. The van der Waals surface area contributed by atoms with Crippen molar-refractivity contribution in [1.82, 2.24) is 24.0 Å². The van der Waals surface area contributed by atoms with Crippen LogP contribution in [0.25, 0.3) is 16.9 Å². The Morgan fingerprint density at radius 3 is 2.74 bits per heavy atom. The lowest BCUT2D eigenvalue weighted by molar-refractivity contribution is 0.573. The van der Waals surface area contributed by atoms with Crippen LogP contribution in [0.1, 0.15) is 6.92 Å². The SMILES string of the molecule is CC#CCn1c(N2CCNCC2)nc2c1c(=O)n(C)c(=O)n2-c1ccsc1. The lowest BCUT2D eigenvalue weighted by atomic mass is 10.4. The van der Waals surface area contributed by atoms with Crippen LogP contribution in [0.5, 0.6) is 0 Å². The fraction of sp³-hybridized carbons (Fsp3) is 0.389. The molecule has 0 saturated carbocycles. The number of hydrogen-bond acceptors (Lipinski definition) is 6. The van der Waals surface area contributed by atoms with E-state index in [4.69, 9.17) is 4.98 Å². The van der Waals surface area contributed by atoms with E-state index < -0.39 is 5.69 Å². The molecule has 1 saturated heterocycles. The molecule has 0 unspecified atom stereocenters. The predicted octanol–water partition coefficient (Wildman–Crippen LogP) is 0.380. The summed E-state index contributed by atoms with van der Waals surface area (Å²) in [6.07, 6.45) is 0. The van der Waals surface area contributed by atoms with Crippen molar-refractivity contribution in [3.8, 4) is 17.5 Å². The van der Waals surface area contributed by atoms with E-state index in [-0.39, 0.29) is 5.56 Å². The van der Waals surface area contributed by atoms with Crippen LogP contribution in [0.2, 0.25) is 0 Å². The van der Waals surface area contributed by atoms with Crippen LogP contribution in [-0.2, 0) is 13.6 Å². The van der Waals surface area contributed by atoms with Crippen molar-refractivity contribution in [2.75, 3.05) is 31.1 Å². The zero-order valence-electron chi connectivity index (χ0n) is 15.2. The average molecular weight is 384 g/mol. The van der Waals surface area contributed by atoms with Crippen molar-refractivity contribution in [2.45, 2.75) is 13.5 Å². The summed E-state index contributed by atoms with van der Waals surface area (Å²) < 4.78 is 4.48. The van der Waals surface area contributed by atoms with E-state index in [0.29, 0.717) is 29.3 Å². The van der Waals surface area contributed by atoms with E-state index in [1.54, 1.807) is 6.92 Å². The second-order valence-electron chi connectivity index (χ2n) is 6.30. The minimum absolute atomic E-state index is 0.351. The molecule has 0 spiro atoms. The zero-order valence-corrected chi connectivity index (χ0v) is 16.0. The number of imidazole rings is 1. The highest BCUT2D eigenvalue weighted by Crippen LogP contribution is 2.22. The Morgan fingerprint density at radius 2 is 2.07 bits per heavy atom. The van der Waals surface area contributed by atoms with E-state index in [9.17, 15) is 9.59 Å². The van der Waals surface area contributed by atoms with Crippen molar-refractivity contribution >= 4 is 28.4 Å². The number of fused-ring (bicyclic) bond motifs is 1. The summed E-state index contributed by atoms with van der Waals surface area (Å²) in [6, 6.07) is 1.85. The molecule has 1 fully saturated rings. The summed E-state index contributed by atoms with van der Waals surface area (Å²) in [5.74, 6) is 6.60. The summed E-state index contributed by atoms with van der Waals surface area (Å²) in [5.41, 5.74) is 0.744. The van der Waals surface area contributed by atoms with Gasteiger partial charge in [-0.15, -0.1) is 5.92 Å². The average Bonchev–Trinajstić information content (AvgIpc) is 3.34. The van der Waals surface area contributed by atoms with Crippen molar-refractivity contribution in [1.29, 1.82) is 0 Å². The van der Waals surface area contributed by atoms with Crippen molar-refractivity contribution in [2.24, 2.45) is 7.05 Å². The molecule has 140 valence electrons. The molecular formula is C18H20N6O2S. The minimum Gasteiger partial charge on any atom is -0.340 e. The first-order valence-electron chi connectivity index (χ1n) is 8.73. The Bertz CT molecular complexity index is 1150. The molecule has 4 heterocycles. The van der Waals surface area contributed by atoms with Gasteiger partial charge in [0.15, 0.2) is 11.2 Å². The highest BCUT2D eigenvalue weighted by atomic mass is 32.1. The number of thiophene rings is 1. The third kappa shape index (κ3) is 2.87. The molecule has 0 radical (unpaired) electrons. The zero-order chi connectivity index (χ0) is 19.0. The molecule has 8 nitrogen and oxygen atoms in total. The fourth-order valence-corrected chi connectivity index (χ4v) is 3.93. The Hall–Kier alpha value is -2.83. The topological polar surface area (TPSA) is 77.1 Å². The molecule has 0 aliphatic carbocycles. The highest BCUT2D eigenvalue weighted by molar-refractivity contribution is 7.08. The van der Waals surface area contributed by atoms with Gasteiger partial charge in [-0.1, -0.05) is 5.92 Å². The van der Waals surface area contributed by atoms with Crippen LogP contribution < -0.4 is 21.5 Å². The first-order chi connectivity index (χ1) is 13.1. The summed E-state index contributed by atoms with van der Waals surface area (Å²) in [6.45, 7) is 5.38. The van der Waals surface area contributed by atoms with E-state index in [1.165, 1.54) is 23.0 Å². The van der Waals surface area contributed by atoms with Gasteiger partial charge < -0.3 is 10.2 Å². The van der Waals surface area contributed by atoms with Gasteiger partial charge in [-0.05, 0) is 18.4 Å². The maximum atomic E-state index is 13.0. The maximum Gasteiger partial charge on any atom is 0.337 e. The molecule has 1 aliphatic heterocycles. The Labute approximate surface area is 159 Å². The second-order valence-corrected chi connectivity index (χ2v) is 7.08. The molecule has 1 aliphatic rings. The predicted molar refractivity (Wildman–Crippen MR) is 107 cm³/mol. The summed E-state index contributed by atoms with van der Waals surface area (Å²) >= 11 is 1.49. The number of aromatic nitrogens is 4. The number of rotatable bonds is 3. The quantitative estimate of drug-likeness (QED) is 0.661. The van der Waals surface area contributed by atoms with E-state index >= 15 is 0 Å². The monoisotopic (exact) mass is 384 g/mol. The van der Waals surface area contributed by atoms with Crippen LogP contribution in [0, 0.1) is 11.8 Å². The molecule has 4 rings (SSSR count). The molecule has 0 bridgehead atoms. The molecule has 27 heavy (non-hydrogen) atoms. The second kappa shape index (κ2) is 7.06. The van der Waals surface area contributed by atoms with Crippen molar-refractivity contribution in [3.05, 3.63) is 37.7 Å². The van der Waals surface area contributed by atoms with Gasteiger partial charge in [-0.3, -0.25) is 13.9 Å². The number of anilines is 1. The fourth-order valence-electron chi connectivity index (χ4n) is 3.31. The lowest BCUT2D eigenvalue weighted by Crippen LogP contribution is -2.44. The van der Waals surface area contributed by atoms with Crippen LogP contribution in [0.3, 0.4) is 0 Å². The maximum absolute atomic E-state index is 13.0. The number of hydrogen-bond donors (Lipinski definition) is 1. The Balaban J connectivity index is 2.08.